The Morgan fingerprint density at radius 1 is 1.16 bits per heavy atom. The Balaban J connectivity index is 1.54. The molecule has 11 heteroatoms. The molecular formula is C20H19ClFNO7S. The molecule has 0 atom stereocenters. The number of halogens is 2. The van der Waals surface area contributed by atoms with Gasteiger partial charge in [-0.1, -0.05) is 11.6 Å². The monoisotopic (exact) mass is 471 g/mol. The summed E-state index contributed by atoms with van der Waals surface area (Å²) >= 11 is 6.10. The van der Waals surface area contributed by atoms with E-state index in [0.29, 0.717) is 22.9 Å². The number of benzene rings is 2. The van der Waals surface area contributed by atoms with Crippen molar-refractivity contribution in [3.8, 4) is 5.75 Å². The van der Waals surface area contributed by atoms with Crippen molar-refractivity contribution in [3.05, 3.63) is 57.9 Å². The van der Waals surface area contributed by atoms with Gasteiger partial charge >= 0.3 is 5.97 Å². The highest BCUT2D eigenvalue weighted by Crippen LogP contribution is 2.32. The van der Waals surface area contributed by atoms with Crippen molar-refractivity contribution in [3.63, 3.8) is 0 Å². The molecule has 166 valence electrons. The first-order valence-corrected chi connectivity index (χ1v) is 11.2. The van der Waals surface area contributed by atoms with E-state index >= 15 is 0 Å². The highest BCUT2D eigenvalue weighted by Gasteiger charge is 2.30. The average molecular weight is 472 g/mol. The normalized spacial score (nSPS) is 17.0. The Kier molecular flexibility index (Phi) is 6.44. The van der Waals surface area contributed by atoms with E-state index in [-0.39, 0.29) is 45.3 Å². The number of esters is 1. The number of fused-ring (bicyclic) bond motifs is 1. The van der Waals surface area contributed by atoms with Crippen molar-refractivity contribution in [2.75, 3.05) is 33.1 Å². The Morgan fingerprint density at radius 3 is 2.71 bits per heavy atom. The Hall–Kier alpha value is -2.24. The van der Waals surface area contributed by atoms with E-state index in [9.17, 15) is 17.6 Å². The lowest BCUT2D eigenvalue weighted by atomic mass is 10.1. The standard InChI is InChI=1S/C20H19ClFNO7S/c21-16-7-14-10-28-12-30-19(14)15(8-16)11-29-20(24)13-1-2-17(22)18(9-13)31(25,26)23-3-5-27-6-4-23/h1-2,7-9H,3-6,10-12H2. The van der Waals surface area contributed by atoms with Crippen molar-refractivity contribution in [1.29, 1.82) is 0 Å². The van der Waals surface area contributed by atoms with Crippen molar-refractivity contribution in [2.24, 2.45) is 0 Å². The maximum atomic E-state index is 14.3. The molecule has 2 aliphatic rings. The van der Waals surface area contributed by atoms with Crippen LogP contribution in [0.25, 0.3) is 0 Å². The zero-order valence-electron chi connectivity index (χ0n) is 16.3. The van der Waals surface area contributed by atoms with Gasteiger partial charge in [-0.15, -0.1) is 0 Å². The van der Waals surface area contributed by atoms with Crippen LogP contribution in [0.5, 0.6) is 5.75 Å². The van der Waals surface area contributed by atoms with Crippen LogP contribution in [0.15, 0.2) is 35.2 Å². The van der Waals surface area contributed by atoms with Crippen LogP contribution in [0.3, 0.4) is 0 Å². The number of hydrogen-bond acceptors (Lipinski definition) is 7. The van der Waals surface area contributed by atoms with E-state index in [2.05, 4.69) is 0 Å². The predicted molar refractivity (Wildman–Crippen MR) is 107 cm³/mol. The molecule has 2 aromatic carbocycles. The number of ether oxygens (including phenoxy) is 4. The zero-order valence-corrected chi connectivity index (χ0v) is 17.9. The molecule has 1 fully saturated rings. The minimum absolute atomic E-state index is 0.0658. The molecule has 8 nitrogen and oxygen atoms in total. The van der Waals surface area contributed by atoms with Gasteiger partial charge in [-0.05, 0) is 30.3 Å². The second kappa shape index (κ2) is 9.09. The first-order valence-electron chi connectivity index (χ1n) is 9.42. The van der Waals surface area contributed by atoms with Gasteiger partial charge in [0.15, 0.2) is 6.79 Å². The number of nitrogens with zero attached hydrogens (tertiary/aromatic N) is 1. The highest BCUT2D eigenvalue weighted by molar-refractivity contribution is 7.89. The Bertz CT molecular complexity index is 1100. The van der Waals surface area contributed by atoms with Gasteiger partial charge in [-0.3, -0.25) is 0 Å². The Morgan fingerprint density at radius 2 is 1.94 bits per heavy atom. The summed E-state index contributed by atoms with van der Waals surface area (Å²) in [5.74, 6) is -1.22. The number of carbonyl (C=O) groups is 1. The van der Waals surface area contributed by atoms with Crippen molar-refractivity contribution >= 4 is 27.6 Å². The Labute approximate surface area is 183 Å². The third kappa shape index (κ3) is 4.68. The lowest BCUT2D eigenvalue weighted by molar-refractivity contribution is -0.0180. The summed E-state index contributed by atoms with van der Waals surface area (Å²) in [7, 11) is -4.11. The fourth-order valence-corrected chi connectivity index (χ4v) is 5.11. The van der Waals surface area contributed by atoms with Crippen LogP contribution in [-0.4, -0.2) is 51.8 Å². The van der Waals surface area contributed by atoms with Crippen LogP contribution < -0.4 is 4.74 Å². The molecule has 2 aliphatic heterocycles. The van der Waals surface area contributed by atoms with Crippen LogP contribution in [-0.2, 0) is 37.4 Å². The molecule has 0 spiro atoms. The van der Waals surface area contributed by atoms with E-state index in [1.807, 2.05) is 0 Å². The third-order valence-electron chi connectivity index (χ3n) is 4.87. The first-order chi connectivity index (χ1) is 14.9. The van der Waals surface area contributed by atoms with Crippen LogP contribution in [0, 0.1) is 5.82 Å². The summed E-state index contributed by atoms with van der Waals surface area (Å²) < 4.78 is 62.2. The molecular weight excluding hydrogens is 453 g/mol. The minimum atomic E-state index is -4.11. The third-order valence-corrected chi connectivity index (χ3v) is 7.00. The topological polar surface area (TPSA) is 91.4 Å². The van der Waals surface area contributed by atoms with E-state index in [4.69, 9.17) is 30.5 Å². The molecule has 0 N–H and O–H groups in total. The van der Waals surface area contributed by atoms with Gasteiger partial charge in [0.05, 0.1) is 25.4 Å². The molecule has 2 heterocycles. The van der Waals surface area contributed by atoms with Gasteiger partial charge in [0.2, 0.25) is 10.0 Å². The van der Waals surface area contributed by atoms with Crippen molar-refractivity contribution < 1.29 is 36.6 Å². The summed E-state index contributed by atoms with van der Waals surface area (Å²) in [5.41, 5.74) is 1.18. The fourth-order valence-electron chi connectivity index (χ4n) is 3.34. The molecule has 31 heavy (non-hydrogen) atoms. The number of rotatable bonds is 5. The molecule has 0 radical (unpaired) electrons. The first kappa shape index (κ1) is 22.0. The maximum absolute atomic E-state index is 14.3. The average Bonchev–Trinajstić information content (AvgIpc) is 2.78. The van der Waals surface area contributed by atoms with Gasteiger partial charge in [0, 0.05) is 29.2 Å². The van der Waals surface area contributed by atoms with E-state index in [1.165, 1.54) is 6.07 Å². The maximum Gasteiger partial charge on any atom is 0.338 e. The second-order valence-corrected chi connectivity index (χ2v) is 9.24. The second-order valence-electron chi connectivity index (χ2n) is 6.90. The molecule has 1 saturated heterocycles. The van der Waals surface area contributed by atoms with Crippen molar-refractivity contribution in [1.82, 2.24) is 4.31 Å². The fraction of sp³-hybridized carbons (Fsp3) is 0.350. The molecule has 0 aliphatic carbocycles. The van der Waals surface area contributed by atoms with Crippen LogP contribution in [0.4, 0.5) is 4.39 Å². The number of morpholine rings is 1. The largest absolute Gasteiger partial charge is 0.467 e. The molecule has 0 amide bonds. The van der Waals surface area contributed by atoms with Gasteiger partial charge in [-0.25, -0.2) is 17.6 Å². The quantitative estimate of drug-likeness (QED) is 0.619. The van der Waals surface area contributed by atoms with Gasteiger partial charge in [0.1, 0.15) is 23.1 Å². The summed E-state index contributed by atoms with van der Waals surface area (Å²) in [6.07, 6.45) is 0. The predicted octanol–water partition coefficient (Wildman–Crippen LogP) is 2.72. The van der Waals surface area contributed by atoms with E-state index in [1.54, 1.807) is 12.1 Å². The van der Waals surface area contributed by atoms with E-state index in [0.717, 1.165) is 22.0 Å². The number of sulfonamides is 1. The molecule has 0 saturated carbocycles. The van der Waals surface area contributed by atoms with Crippen LogP contribution >= 0.6 is 11.6 Å². The molecule has 2 aromatic rings. The summed E-state index contributed by atoms with van der Waals surface area (Å²) in [6.45, 7) is 0.887. The highest BCUT2D eigenvalue weighted by atomic mass is 35.5. The number of hydrogen-bond donors (Lipinski definition) is 0. The number of carbonyl (C=O) groups excluding carboxylic acids is 1. The van der Waals surface area contributed by atoms with E-state index < -0.39 is 26.7 Å². The molecule has 0 bridgehead atoms. The molecule has 0 unspecified atom stereocenters. The summed E-state index contributed by atoms with van der Waals surface area (Å²) in [4.78, 5) is 12.0. The lowest BCUT2D eigenvalue weighted by Crippen LogP contribution is -2.41. The van der Waals surface area contributed by atoms with Gasteiger partial charge in [0.25, 0.3) is 0 Å². The minimum Gasteiger partial charge on any atom is -0.467 e. The SMILES string of the molecule is O=C(OCc1cc(Cl)cc2c1OCOC2)c1ccc(F)c(S(=O)(=O)N2CCOCC2)c1. The van der Waals surface area contributed by atoms with Crippen molar-refractivity contribution in [2.45, 2.75) is 18.1 Å². The van der Waals surface area contributed by atoms with Crippen LogP contribution in [0.1, 0.15) is 21.5 Å². The summed E-state index contributed by atoms with van der Waals surface area (Å²) in [6, 6.07) is 6.40. The summed E-state index contributed by atoms with van der Waals surface area (Å²) in [5, 5.41) is 0.430. The van der Waals surface area contributed by atoms with Crippen LogP contribution in [0.2, 0.25) is 5.02 Å². The van der Waals surface area contributed by atoms with Gasteiger partial charge < -0.3 is 18.9 Å². The lowest BCUT2D eigenvalue weighted by Gasteiger charge is -2.26. The smallest absolute Gasteiger partial charge is 0.338 e. The van der Waals surface area contributed by atoms with Gasteiger partial charge in [-0.2, -0.15) is 4.31 Å². The molecule has 4 rings (SSSR count). The molecule has 0 aromatic heterocycles. The zero-order chi connectivity index (χ0) is 22.0.